The fourth-order valence-electron chi connectivity index (χ4n) is 2.14. The van der Waals surface area contributed by atoms with E-state index in [1.165, 1.54) is 9.21 Å². The minimum Gasteiger partial charge on any atom is -0.312 e. The lowest BCUT2D eigenvalue weighted by atomic mass is 10.2. The first kappa shape index (κ1) is 13.1. The molecule has 20 heavy (non-hydrogen) atoms. The molecule has 0 bridgehead atoms. The Morgan fingerprint density at radius 3 is 2.45 bits per heavy atom. The number of carbonyl (C=O) groups excluding carboxylic acids is 1. The maximum Gasteiger partial charge on any atom is 0.274 e. The fraction of sp³-hybridized carbons (Fsp3) is 0.154. The Labute approximate surface area is 121 Å². The van der Waals surface area contributed by atoms with Crippen LogP contribution in [0.5, 0.6) is 0 Å². The molecule has 2 aromatic rings. The molecule has 7 heteroatoms. The Bertz CT molecular complexity index is 754. The molecule has 1 amide bonds. The van der Waals surface area contributed by atoms with Gasteiger partial charge in [-0.15, -0.1) is 11.3 Å². The van der Waals surface area contributed by atoms with Gasteiger partial charge in [0.1, 0.15) is 10.8 Å². The molecule has 0 N–H and O–H groups in total. The molecule has 0 saturated carbocycles. The smallest absolute Gasteiger partial charge is 0.274 e. The first-order chi connectivity index (χ1) is 9.51. The third kappa shape index (κ3) is 1.90. The second-order valence-electron chi connectivity index (χ2n) is 4.39. The minimum atomic E-state index is -3.68. The van der Waals surface area contributed by atoms with Crippen molar-refractivity contribution in [2.45, 2.75) is 4.21 Å². The highest BCUT2D eigenvalue weighted by atomic mass is 32.2. The Balaban J connectivity index is 2.16. The lowest BCUT2D eigenvalue weighted by Crippen LogP contribution is -2.46. The number of likely N-dealkylation sites (N-methyl/N-ethyl adjacent to an activating group) is 1. The van der Waals surface area contributed by atoms with Crippen LogP contribution in [0.4, 0.5) is 11.4 Å². The van der Waals surface area contributed by atoms with Crippen molar-refractivity contribution in [2.24, 2.45) is 0 Å². The van der Waals surface area contributed by atoms with Crippen molar-refractivity contribution in [1.29, 1.82) is 0 Å². The summed E-state index contributed by atoms with van der Waals surface area (Å²) in [6.45, 7) is -0.173. The van der Waals surface area contributed by atoms with Crippen molar-refractivity contribution in [1.82, 2.24) is 0 Å². The molecule has 1 aromatic carbocycles. The number of hydrogen-bond acceptors (Lipinski definition) is 4. The summed E-state index contributed by atoms with van der Waals surface area (Å²) in [6, 6.07) is 10.2. The summed E-state index contributed by atoms with van der Waals surface area (Å²) in [5.41, 5.74) is 1.13. The first-order valence-corrected chi connectivity index (χ1v) is 8.25. The summed E-state index contributed by atoms with van der Waals surface area (Å²) in [6.07, 6.45) is 0. The molecule has 1 aliphatic heterocycles. The number of thiophene rings is 1. The average Bonchev–Trinajstić information content (AvgIpc) is 2.97. The topological polar surface area (TPSA) is 57.7 Å². The Kier molecular flexibility index (Phi) is 3.02. The third-order valence-electron chi connectivity index (χ3n) is 3.20. The van der Waals surface area contributed by atoms with Crippen molar-refractivity contribution < 1.29 is 13.2 Å². The van der Waals surface area contributed by atoms with Gasteiger partial charge in [0.05, 0.1) is 11.4 Å². The van der Waals surface area contributed by atoms with Crippen molar-refractivity contribution in [3.05, 3.63) is 41.8 Å². The number of para-hydroxylation sites is 2. The zero-order valence-corrected chi connectivity index (χ0v) is 12.3. The first-order valence-electron chi connectivity index (χ1n) is 5.93. The number of hydrogen-bond donors (Lipinski definition) is 0. The molecule has 1 aliphatic rings. The zero-order chi connectivity index (χ0) is 14.3. The predicted octanol–water partition coefficient (Wildman–Crippen LogP) is 1.92. The monoisotopic (exact) mass is 308 g/mol. The van der Waals surface area contributed by atoms with Gasteiger partial charge in [-0.25, -0.2) is 8.42 Å². The molecular weight excluding hydrogens is 296 g/mol. The number of carbonyl (C=O) groups is 1. The predicted molar refractivity (Wildman–Crippen MR) is 78.7 cm³/mol. The number of rotatable bonds is 2. The number of amides is 1. The highest BCUT2D eigenvalue weighted by Crippen LogP contribution is 2.36. The van der Waals surface area contributed by atoms with Crippen molar-refractivity contribution in [3.63, 3.8) is 0 Å². The van der Waals surface area contributed by atoms with Crippen LogP contribution < -0.4 is 9.21 Å². The summed E-state index contributed by atoms with van der Waals surface area (Å²) in [4.78, 5) is 13.5. The molecule has 0 atom stereocenters. The standard InChI is InChI=1S/C13H12N2O3S2/c1-14-10-5-2-3-6-11(10)15(9-12(14)16)20(17,18)13-7-4-8-19-13/h2-8H,9H2,1H3. The number of anilines is 2. The molecule has 0 unspecified atom stereocenters. The molecule has 0 radical (unpaired) electrons. The van der Waals surface area contributed by atoms with E-state index in [2.05, 4.69) is 0 Å². The van der Waals surface area contributed by atoms with Gasteiger partial charge in [-0.2, -0.15) is 0 Å². The second-order valence-corrected chi connectivity index (χ2v) is 7.42. The zero-order valence-electron chi connectivity index (χ0n) is 10.7. The SMILES string of the molecule is CN1C(=O)CN(S(=O)(=O)c2cccs2)c2ccccc21. The summed E-state index contributed by atoms with van der Waals surface area (Å²) < 4.78 is 26.7. The van der Waals surface area contributed by atoms with Gasteiger partial charge in [-0.3, -0.25) is 9.10 Å². The summed E-state index contributed by atoms with van der Waals surface area (Å²) in [7, 11) is -2.04. The van der Waals surface area contributed by atoms with Crippen LogP contribution >= 0.6 is 11.3 Å². The second kappa shape index (κ2) is 4.60. The molecule has 0 aliphatic carbocycles. The highest BCUT2D eigenvalue weighted by Gasteiger charge is 2.35. The number of benzene rings is 1. The van der Waals surface area contributed by atoms with Crippen LogP contribution in [0.3, 0.4) is 0 Å². The molecular formula is C13H12N2O3S2. The molecule has 0 spiro atoms. The quantitative estimate of drug-likeness (QED) is 0.851. The number of nitrogens with zero attached hydrogens (tertiary/aromatic N) is 2. The normalized spacial score (nSPS) is 15.3. The summed E-state index contributed by atoms with van der Waals surface area (Å²) in [5, 5.41) is 1.71. The van der Waals surface area contributed by atoms with E-state index in [9.17, 15) is 13.2 Å². The van der Waals surface area contributed by atoms with Crippen LogP contribution in [0.25, 0.3) is 0 Å². The van der Waals surface area contributed by atoms with Gasteiger partial charge < -0.3 is 4.90 Å². The lowest BCUT2D eigenvalue weighted by molar-refractivity contribution is -0.117. The Morgan fingerprint density at radius 1 is 1.10 bits per heavy atom. The van der Waals surface area contributed by atoms with Crippen LogP contribution in [-0.2, 0) is 14.8 Å². The van der Waals surface area contributed by atoms with Crippen LogP contribution in [0.2, 0.25) is 0 Å². The molecule has 2 heterocycles. The van der Waals surface area contributed by atoms with E-state index >= 15 is 0 Å². The largest absolute Gasteiger partial charge is 0.312 e. The molecule has 1 aromatic heterocycles. The molecule has 104 valence electrons. The lowest BCUT2D eigenvalue weighted by Gasteiger charge is -2.34. The van der Waals surface area contributed by atoms with Gasteiger partial charge in [-0.1, -0.05) is 18.2 Å². The Morgan fingerprint density at radius 2 is 1.80 bits per heavy atom. The summed E-state index contributed by atoms with van der Waals surface area (Å²) in [5.74, 6) is -0.246. The minimum absolute atomic E-state index is 0.173. The Hall–Kier alpha value is -1.86. The molecule has 0 saturated heterocycles. The van der Waals surface area contributed by atoms with E-state index in [0.717, 1.165) is 11.3 Å². The van der Waals surface area contributed by atoms with Crippen molar-refractivity contribution >= 4 is 38.6 Å². The third-order valence-corrected chi connectivity index (χ3v) is 6.34. The van der Waals surface area contributed by atoms with E-state index in [4.69, 9.17) is 0 Å². The van der Waals surface area contributed by atoms with Gasteiger partial charge >= 0.3 is 0 Å². The molecule has 5 nitrogen and oxygen atoms in total. The number of sulfonamides is 1. The molecule has 3 rings (SSSR count). The van der Waals surface area contributed by atoms with Crippen molar-refractivity contribution in [2.75, 3.05) is 22.8 Å². The maximum atomic E-state index is 12.6. The fourth-order valence-corrected chi connectivity index (χ4v) is 4.67. The average molecular weight is 308 g/mol. The van der Waals surface area contributed by atoms with Gasteiger partial charge in [-0.05, 0) is 23.6 Å². The van der Waals surface area contributed by atoms with Gasteiger partial charge in [0, 0.05) is 7.05 Å². The summed E-state index contributed by atoms with van der Waals surface area (Å²) >= 11 is 1.15. The molecule has 0 fully saturated rings. The van der Waals surface area contributed by atoms with Crippen LogP contribution in [0.15, 0.2) is 46.0 Å². The van der Waals surface area contributed by atoms with E-state index in [-0.39, 0.29) is 16.7 Å². The van der Waals surface area contributed by atoms with E-state index in [0.29, 0.717) is 11.4 Å². The van der Waals surface area contributed by atoms with Crippen LogP contribution in [-0.4, -0.2) is 27.9 Å². The van der Waals surface area contributed by atoms with E-state index < -0.39 is 10.0 Å². The van der Waals surface area contributed by atoms with Crippen LogP contribution in [0.1, 0.15) is 0 Å². The van der Waals surface area contributed by atoms with Crippen LogP contribution in [0, 0.1) is 0 Å². The van der Waals surface area contributed by atoms with Crippen molar-refractivity contribution in [3.8, 4) is 0 Å². The van der Waals surface area contributed by atoms with E-state index in [1.807, 2.05) is 0 Å². The van der Waals surface area contributed by atoms with E-state index in [1.54, 1.807) is 48.8 Å². The van der Waals surface area contributed by atoms with Gasteiger partial charge in [0.15, 0.2) is 0 Å². The number of fused-ring (bicyclic) bond motifs is 1. The maximum absolute atomic E-state index is 12.6. The highest BCUT2D eigenvalue weighted by molar-refractivity contribution is 7.94. The van der Waals surface area contributed by atoms with Gasteiger partial charge in [0.2, 0.25) is 5.91 Å². The van der Waals surface area contributed by atoms with Gasteiger partial charge in [0.25, 0.3) is 10.0 Å².